The molecule has 144 valence electrons. The first-order valence-electron chi connectivity index (χ1n) is 8.23. The zero-order valence-corrected chi connectivity index (χ0v) is 14.5. The zero-order valence-electron chi connectivity index (χ0n) is 14.5. The number of amides is 1. The zero-order chi connectivity index (χ0) is 19.4. The second-order valence-electron chi connectivity index (χ2n) is 6.06. The maximum atomic E-state index is 12.5. The molecule has 0 bridgehead atoms. The summed E-state index contributed by atoms with van der Waals surface area (Å²) in [5, 5.41) is 2.48. The van der Waals surface area contributed by atoms with Crippen LogP contribution in [0.2, 0.25) is 0 Å². The molecule has 1 aliphatic heterocycles. The maximum absolute atomic E-state index is 12.5. The molecule has 1 amide bonds. The summed E-state index contributed by atoms with van der Waals surface area (Å²) in [4.78, 5) is 25.0. The fourth-order valence-electron chi connectivity index (χ4n) is 2.62. The Morgan fingerprint density at radius 1 is 1.11 bits per heavy atom. The molecule has 1 saturated heterocycles. The van der Waals surface area contributed by atoms with Crippen molar-refractivity contribution < 1.29 is 22.7 Å². The number of carbonyl (C=O) groups excluding carboxylic acids is 1. The number of hydrogen-bond donors (Lipinski definition) is 1. The van der Waals surface area contributed by atoms with Gasteiger partial charge in [0.25, 0.3) is 5.91 Å². The van der Waals surface area contributed by atoms with E-state index in [1.807, 2.05) is 11.9 Å². The third kappa shape index (κ3) is 5.07. The van der Waals surface area contributed by atoms with E-state index in [0.29, 0.717) is 5.95 Å². The Balaban J connectivity index is 1.68. The topological polar surface area (TPSA) is 70.6 Å². The Morgan fingerprint density at radius 3 is 2.37 bits per heavy atom. The van der Waals surface area contributed by atoms with Crippen molar-refractivity contribution in [3.05, 3.63) is 42.2 Å². The number of halogens is 3. The molecule has 1 aliphatic rings. The maximum Gasteiger partial charge on any atom is 0.573 e. The number of likely N-dealkylation sites (N-methyl/N-ethyl adjacent to an activating group) is 1. The Bertz CT molecular complexity index is 790. The fourth-order valence-corrected chi connectivity index (χ4v) is 2.62. The summed E-state index contributed by atoms with van der Waals surface area (Å²) >= 11 is 0. The fraction of sp³-hybridized carbons (Fsp3) is 0.353. The second-order valence-corrected chi connectivity index (χ2v) is 6.06. The standard InChI is InChI=1S/C17H18F3N5O2/c1-24-6-8-25(9-7-24)16-21-10-12(11-22-16)23-15(26)13-4-2-3-5-14(13)27-17(18,19)20/h2-5,10-11H,6-9H2,1H3,(H,23,26). The lowest BCUT2D eigenvalue weighted by molar-refractivity contribution is -0.274. The molecule has 2 heterocycles. The molecule has 0 aliphatic carbocycles. The summed E-state index contributed by atoms with van der Waals surface area (Å²) < 4.78 is 41.3. The van der Waals surface area contributed by atoms with Crippen molar-refractivity contribution in [3.63, 3.8) is 0 Å². The molecular weight excluding hydrogens is 363 g/mol. The third-order valence-electron chi connectivity index (χ3n) is 4.04. The van der Waals surface area contributed by atoms with E-state index < -0.39 is 18.0 Å². The highest BCUT2D eigenvalue weighted by molar-refractivity contribution is 6.06. The van der Waals surface area contributed by atoms with Gasteiger partial charge < -0.3 is 19.9 Å². The molecule has 1 fully saturated rings. The number of para-hydroxylation sites is 1. The predicted octanol–water partition coefficient (Wildman–Crippen LogP) is 2.38. The third-order valence-corrected chi connectivity index (χ3v) is 4.04. The monoisotopic (exact) mass is 381 g/mol. The van der Waals surface area contributed by atoms with Crippen LogP contribution in [0, 0.1) is 0 Å². The van der Waals surface area contributed by atoms with Gasteiger partial charge in [-0.05, 0) is 19.2 Å². The van der Waals surface area contributed by atoms with Gasteiger partial charge in [0.05, 0.1) is 23.6 Å². The van der Waals surface area contributed by atoms with Gasteiger partial charge in [0.15, 0.2) is 0 Å². The molecule has 3 rings (SSSR count). The largest absolute Gasteiger partial charge is 0.573 e. The quantitative estimate of drug-likeness (QED) is 0.877. The molecule has 10 heteroatoms. The van der Waals surface area contributed by atoms with Crippen molar-refractivity contribution in [1.82, 2.24) is 14.9 Å². The molecule has 0 spiro atoms. The van der Waals surface area contributed by atoms with E-state index in [2.05, 4.69) is 24.9 Å². The SMILES string of the molecule is CN1CCN(c2ncc(NC(=O)c3ccccc3OC(F)(F)F)cn2)CC1. The first-order valence-corrected chi connectivity index (χ1v) is 8.23. The summed E-state index contributed by atoms with van der Waals surface area (Å²) in [5.74, 6) is -0.773. The van der Waals surface area contributed by atoms with E-state index in [1.54, 1.807) is 0 Å². The van der Waals surface area contributed by atoms with Gasteiger partial charge in [0, 0.05) is 26.2 Å². The number of alkyl halides is 3. The molecule has 1 aromatic carbocycles. The predicted molar refractivity (Wildman–Crippen MR) is 92.8 cm³/mol. The summed E-state index contributed by atoms with van der Waals surface area (Å²) in [6.45, 7) is 3.39. The van der Waals surface area contributed by atoms with Crippen molar-refractivity contribution in [1.29, 1.82) is 0 Å². The minimum atomic E-state index is -4.89. The Kier molecular flexibility index (Phi) is 5.45. The molecule has 1 N–H and O–H groups in total. The van der Waals surface area contributed by atoms with E-state index in [-0.39, 0.29) is 11.3 Å². The molecule has 0 saturated carbocycles. The van der Waals surface area contributed by atoms with E-state index in [0.717, 1.165) is 32.2 Å². The minimum absolute atomic E-state index is 0.238. The molecule has 0 atom stereocenters. The number of rotatable bonds is 4. The average molecular weight is 381 g/mol. The van der Waals surface area contributed by atoms with Crippen LogP contribution in [0.4, 0.5) is 24.8 Å². The van der Waals surface area contributed by atoms with Gasteiger partial charge >= 0.3 is 6.36 Å². The van der Waals surface area contributed by atoms with E-state index in [1.165, 1.54) is 30.6 Å². The van der Waals surface area contributed by atoms with Crippen LogP contribution in [0.1, 0.15) is 10.4 Å². The lowest BCUT2D eigenvalue weighted by Gasteiger charge is -2.32. The Hall–Kier alpha value is -2.88. The van der Waals surface area contributed by atoms with E-state index in [4.69, 9.17) is 0 Å². The van der Waals surface area contributed by atoms with Gasteiger partial charge in [-0.15, -0.1) is 13.2 Å². The minimum Gasteiger partial charge on any atom is -0.405 e. The molecule has 1 aromatic heterocycles. The lowest BCUT2D eigenvalue weighted by atomic mass is 10.2. The number of hydrogen-bond acceptors (Lipinski definition) is 6. The number of nitrogens with one attached hydrogen (secondary N) is 1. The molecule has 7 nitrogen and oxygen atoms in total. The summed E-state index contributed by atoms with van der Waals surface area (Å²) in [6.07, 6.45) is -2.04. The average Bonchev–Trinajstić information content (AvgIpc) is 2.62. The number of piperazine rings is 1. The van der Waals surface area contributed by atoms with Gasteiger partial charge in [-0.3, -0.25) is 4.79 Å². The highest BCUT2D eigenvalue weighted by atomic mass is 19.4. The molecule has 0 radical (unpaired) electrons. The van der Waals surface area contributed by atoms with Crippen molar-refractivity contribution in [2.75, 3.05) is 43.4 Å². The number of nitrogens with zero attached hydrogens (tertiary/aromatic N) is 4. The van der Waals surface area contributed by atoms with Crippen molar-refractivity contribution in [3.8, 4) is 5.75 Å². The first kappa shape index (κ1) is 18.9. The molecular formula is C17H18F3N5O2. The molecule has 2 aromatic rings. The van der Waals surface area contributed by atoms with Crippen LogP contribution in [-0.4, -0.2) is 60.4 Å². The highest BCUT2D eigenvalue weighted by Crippen LogP contribution is 2.26. The van der Waals surface area contributed by atoms with Gasteiger partial charge in [0.2, 0.25) is 5.95 Å². The lowest BCUT2D eigenvalue weighted by Crippen LogP contribution is -2.45. The number of ether oxygens (including phenoxy) is 1. The number of anilines is 2. The first-order chi connectivity index (χ1) is 12.8. The van der Waals surface area contributed by atoms with Crippen LogP contribution in [0.5, 0.6) is 5.75 Å². The summed E-state index contributed by atoms with van der Waals surface area (Å²) in [6, 6.07) is 5.13. The van der Waals surface area contributed by atoms with Crippen LogP contribution in [0.3, 0.4) is 0 Å². The van der Waals surface area contributed by atoms with E-state index in [9.17, 15) is 18.0 Å². The van der Waals surface area contributed by atoms with Crippen LogP contribution >= 0.6 is 0 Å². The van der Waals surface area contributed by atoms with Crippen LogP contribution in [0.25, 0.3) is 0 Å². The van der Waals surface area contributed by atoms with Gasteiger partial charge in [-0.1, -0.05) is 12.1 Å². The summed E-state index contributed by atoms with van der Waals surface area (Å²) in [5.41, 5.74) is 0.0395. The van der Waals surface area contributed by atoms with Crippen molar-refractivity contribution in [2.24, 2.45) is 0 Å². The Morgan fingerprint density at radius 2 is 1.74 bits per heavy atom. The summed E-state index contributed by atoms with van der Waals surface area (Å²) in [7, 11) is 2.04. The molecule has 0 unspecified atom stereocenters. The second kappa shape index (κ2) is 7.78. The van der Waals surface area contributed by atoms with Crippen molar-refractivity contribution in [2.45, 2.75) is 6.36 Å². The van der Waals surface area contributed by atoms with E-state index >= 15 is 0 Å². The van der Waals surface area contributed by atoms with Crippen molar-refractivity contribution >= 4 is 17.5 Å². The molecule has 27 heavy (non-hydrogen) atoms. The van der Waals surface area contributed by atoms with Gasteiger partial charge in [-0.25, -0.2) is 9.97 Å². The Labute approximate surface area is 153 Å². The number of benzene rings is 1. The number of aromatic nitrogens is 2. The normalized spacial score (nSPS) is 15.5. The highest BCUT2D eigenvalue weighted by Gasteiger charge is 2.32. The smallest absolute Gasteiger partial charge is 0.405 e. The van der Waals surface area contributed by atoms with Gasteiger partial charge in [-0.2, -0.15) is 0 Å². The van der Waals surface area contributed by atoms with Gasteiger partial charge in [0.1, 0.15) is 5.75 Å². The van der Waals surface area contributed by atoms with Crippen LogP contribution in [-0.2, 0) is 0 Å². The van der Waals surface area contributed by atoms with Crippen LogP contribution < -0.4 is 15.0 Å². The number of carbonyl (C=O) groups is 1. The van der Waals surface area contributed by atoms with Crippen LogP contribution in [0.15, 0.2) is 36.7 Å².